The number of carbonyl (C=O) groups is 3. The van der Waals surface area contributed by atoms with Gasteiger partial charge in [-0.15, -0.1) is 0 Å². The molecule has 0 rings (SSSR count). The Bertz CT molecular complexity index is 918. The maximum Gasteiger partial charge on any atom is 0.306 e. The first-order chi connectivity index (χ1) is 29.9. The van der Waals surface area contributed by atoms with Gasteiger partial charge in [0.2, 0.25) is 0 Å². The Labute approximate surface area is 380 Å². The molecular formula is C55H106O6. The third-order valence-corrected chi connectivity index (χ3v) is 12.5. The molecule has 0 radical (unpaired) electrons. The molecule has 61 heavy (non-hydrogen) atoms. The van der Waals surface area contributed by atoms with Gasteiger partial charge in [0, 0.05) is 19.3 Å². The number of unbranched alkanes of at least 4 members (excludes halogenated alkanes) is 37. The molecule has 0 aromatic rings. The highest BCUT2D eigenvalue weighted by molar-refractivity contribution is 5.71. The quantitative estimate of drug-likeness (QED) is 0.0344. The minimum Gasteiger partial charge on any atom is -0.462 e. The fourth-order valence-corrected chi connectivity index (χ4v) is 8.39. The number of rotatable bonds is 50. The molecule has 0 fully saturated rings. The van der Waals surface area contributed by atoms with Gasteiger partial charge in [0.05, 0.1) is 0 Å². The summed E-state index contributed by atoms with van der Waals surface area (Å²) in [6.07, 6.45) is 52.4. The molecule has 0 aliphatic carbocycles. The monoisotopic (exact) mass is 863 g/mol. The van der Waals surface area contributed by atoms with Crippen LogP contribution in [0.1, 0.15) is 310 Å². The first-order valence-corrected chi connectivity index (χ1v) is 27.4. The highest BCUT2D eigenvalue weighted by Gasteiger charge is 2.19. The predicted octanol–water partition coefficient (Wildman–Crippen LogP) is 17.8. The molecule has 0 aliphatic heterocycles. The molecule has 0 bridgehead atoms. The van der Waals surface area contributed by atoms with E-state index >= 15 is 0 Å². The molecule has 0 saturated heterocycles. The molecule has 0 amide bonds. The van der Waals surface area contributed by atoms with Crippen LogP contribution >= 0.6 is 0 Å². The van der Waals surface area contributed by atoms with Gasteiger partial charge in [0.25, 0.3) is 0 Å². The van der Waals surface area contributed by atoms with E-state index in [1.807, 2.05) is 0 Å². The Balaban J connectivity index is 4.23. The molecule has 0 spiro atoms. The van der Waals surface area contributed by atoms with Gasteiger partial charge in [-0.25, -0.2) is 0 Å². The first-order valence-electron chi connectivity index (χ1n) is 27.4. The molecule has 6 heteroatoms. The topological polar surface area (TPSA) is 78.9 Å². The van der Waals surface area contributed by atoms with E-state index in [1.165, 1.54) is 205 Å². The van der Waals surface area contributed by atoms with Crippen molar-refractivity contribution in [3.63, 3.8) is 0 Å². The van der Waals surface area contributed by atoms with Gasteiger partial charge in [0.15, 0.2) is 6.10 Å². The van der Waals surface area contributed by atoms with Crippen LogP contribution in [-0.4, -0.2) is 37.2 Å². The largest absolute Gasteiger partial charge is 0.462 e. The van der Waals surface area contributed by atoms with Crippen LogP contribution in [0.4, 0.5) is 0 Å². The molecule has 1 atom stereocenters. The summed E-state index contributed by atoms with van der Waals surface area (Å²) in [6.45, 7) is 9.03. The molecule has 362 valence electrons. The van der Waals surface area contributed by atoms with Crippen molar-refractivity contribution in [2.24, 2.45) is 5.92 Å². The van der Waals surface area contributed by atoms with E-state index in [2.05, 4.69) is 27.7 Å². The van der Waals surface area contributed by atoms with Crippen molar-refractivity contribution in [2.75, 3.05) is 13.2 Å². The van der Waals surface area contributed by atoms with Crippen LogP contribution < -0.4 is 0 Å². The van der Waals surface area contributed by atoms with E-state index in [0.29, 0.717) is 19.3 Å². The van der Waals surface area contributed by atoms with E-state index in [9.17, 15) is 14.4 Å². The maximum atomic E-state index is 12.8. The van der Waals surface area contributed by atoms with Crippen LogP contribution in [0.25, 0.3) is 0 Å². The Hall–Kier alpha value is -1.59. The molecule has 0 aromatic carbocycles. The summed E-state index contributed by atoms with van der Waals surface area (Å²) in [6, 6.07) is 0. The molecule has 0 aliphatic rings. The average molecular weight is 863 g/mol. The third-order valence-electron chi connectivity index (χ3n) is 12.5. The van der Waals surface area contributed by atoms with E-state index in [0.717, 1.165) is 63.7 Å². The summed E-state index contributed by atoms with van der Waals surface area (Å²) in [4.78, 5) is 38.0. The Kier molecular flexibility index (Phi) is 48.1. The number of esters is 3. The smallest absolute Gasteiger partial charge is 0.306 e. The van der Waals surface area contributed by atoms with E-state index in [1.54, 1.807) is 0 Å². The number of carbonyl (C=O) groups excluding carboxylic acids is 3. The fourth-order valence-electron chi connectivity index (χ4n) is 8.39. The standard InChI is InChI=1S/C55H106O6/c1-5-7-9-11-13-15-17-18-19-20-21-22-23-27-31-34-38-42-46-53(56)59-49-52(61-55(58)48-44-40-36-30-16-14-12-10-8-6-2)50-60-54(57)47-43-39-35-32-28-25-24-26-29-33-37-41-45-51(3)4/h51-52H,5-50H2,1-4H3/t52-/m1/s1. The van der Waals surface area contributed by atoms with Crippen molar-refractivity contribution < 1.29 is 28.6 Å². The summed E-state index contributed by atoms with van der Waals surface area (Å²) in [5, 5.41) is 0. The molecular weight excluding hydrogens is 757 g/mol. The normalized spacial score (nSPS) is 12.0. The van der Waals surface area contributed by atoms with E-state index in [-0.39, 0.29) is 31.1 Å². The van der Waals surface area contributed by atoms with Gasteiger partial charge in [-0.1, -0.05) is 272 Å². The molecule has 6 nitrogen and oxygen atoms in total. The zero-order valence-corrected chi connectivity index (χ0v) is 41.6. The molecule has 0 saturated carbocycles. The fraction of sp³-hybridized carbons (Fsp3) is 0.945. The van der Waals surface area contributed by atoms with E-state index in [4.69, 9.17) is 14.2 Å². The number of hydrogen-bond donors (Lipinski definition) is 0. The van der Waals surface area contributed by atoms with Gasteiger partial charge in [-0.3, -0.25) is 14.4 Å². The van der Waals surface area contributed by atoms with Gasteiger partial charge in [0.1, 0.15) is 13.2 Å². The maximum absolute atomic E-state index is 12.8. The summed E-state index contributed by atoms with van der Waals surface area (Å²) < 4.78 is 16.8. The molecule has 0 unspecified atom stereocenters. The number of hydrogen-bond acceptors (Lipinski definition) is 6. The lowest BCUT2D eigenvalue weighted by Gasteiger charge is -2.18. The second kappa shape index (κ2) is 49.4. The van der Waals surface area contributed by atoms with Crippen LogP contribution in [0.3, 0.4) is 0 Å². The van der Waals surface area contributed by atoms with Crippen molar-refractivity contribution in [1.29, 1.82) is 0 Å². The lowest BCUT2D eigenvalue weighted by atomic mass is 10.0. The summed E-state index contributed by atoms with van der Waals surface area (Å²) >= 11 is 0. The highest BCUT2D eigenvalue weighted by Crippen LogP contribution is 2.17. The Morgan fingerprint density at radius 2 is 0.541 bits per heavy atom. The van der Waals surface area contributed by atoms with Gasteiger partial charge in [-0.05, 0) is 25.2 Å². The minimum absolute atomic E-state index is 0.0624. The van der Waals surface area contributed by atoms with Crippen molar-refractivity contribution in [3.05, 3.63) is 0 Å². The Morgan fingerprint density at radius 3 is 0.803 bits per heavy atom. The number of ether oxygens (including phenoxy) is 3. The molecule has 0 heterocycles. The van der Waals surface area contributed by atoms with E-state index < -0.39 is 6.10 Å². The lowest BCUT2D eigenvalue weighted by Crippen LogP contribution is -2.30. The SMILES string of the molecule is CCCCCCCCCCCCCCCCCCCCC(=O)OC[C@H](COC(=O)CCCCCCCCCCCCCCC(C)C)OC(=O)CCCCCCCCCCCC. The van der Waals surface area contributed by atoms with Crippen LogP contribution in [-0.2, 0) is 28.6 Å². The van der Waals surface area contributed by atoms with Crippen LogP contribution in [0.5, 0.6) is 0 Å². The second-order valence-corrected chi connectivity index (χ2v) is 19.3. The van der Waals surface area contributed by atoms with Crippen LogP contribution in [0, 0.1) is 5.92 Å². The molecule has 0 aromatic heterocycles. The summed E-state index contributed by atoms with van der Waals surface area (Å²) in [5.41, 5.74) is 0. The predicted molar refractivity (Wildman–Crippen MR) is 261 cm³/mol. The molecule has 0 N–H and O–H groups in total. The van der Waals surface area contributed by atoms with Crippen molar-refractivity contribution in [3.8, 4) is 0 Å². The highest BCUT2D eigenvalue weighted by atomic mass is 16.6. The summed E-state index contributed by atoms with van der Waals surface area (Å²) in [5.74, 6) is -0.00827. The van der Waals surface area contributed by atoms with Crippen molar-refractivity contribution >= 4 is 17.9 Å². The van der Waals surface area contributed by atoms with Gasteiger partial charge < -0.3 is 14.2 Å². The average Bonchev–Trinajstić information content (AvgIpc) is 3.24. The van der Waals surface area contributed by atoms with Gasteiger partial charge >= 0.3 is 17.9 Å². The summed E-state index contributed by atoms with van der Waals surface area (Å²) in [7, 11) is 0. The van der Waals surface area contributed by atoms with Crippen LogP contribution in [0.15, 0.2) is 0 Å². The minimum atomic E-state index is -0.760. The second-order valence-electron chi connectivity index (χ2n) is 19.3. The Morgan fingerprint density at radius 1 is 0.311 bits per heavy atom. The van der Waals surface area contributed by atoms with Crippen molar-refractivity contribution in [2.45, 2.75) is 316 Å². The lowest BCUT2D eigenvalue weighted by molar-refractivity contribution is -0.167. The van der Waals surface area contributed by atoms with Crippen LogP contribution in [0.2, 0.25) is 0 Å². The first kappa shape index (κ1) is 59.4. The van der Waals surface area contributed by atoms with Crippen molar-refractivity contribution in [1.82, 2.24) is 0 Å². The zero-order chi connectivity index (χ0) is 44.5. The van der Waals surface area contributed by atoms with Gasteiger partial charge in [-0.2, -0.15) is 0 Å². The third kappa shape index (κ3) is 49.3. The zero-order valence-electron chi connectivity index (χ0n) is 41.6.